The number of ether oxygens (including phenoxy) is 1. The molecule has 1 aliphatic rings. The average molecular weight is 387 g/mol. The van der Waals surface area contributed by atoms with Crippen LogP contribution < -0.4 is 16.4 Å². The lowest BCUT2D eigenvalue weighted by molar-refractivity contribution is -0.384. The molecule has 0 saturated carbocycles. The monoisotopic (exact) mass is 386 g/mol. The first-order chi connectivity index (χ1) is 12.0. The minimum atomic E-state index is -0.505. The summed E-state index contributed by atoms with van der Waals surface area (Å²) in [5, 5.41) is 16.9. The summed E-state index contributed by atoms with van der Waals surface area (Å²) in [6.45, 7) is 4.13. The number of nitro benzene ring substituents is 1. The predicted molar refractivity (Wildman–Crippen MR) is 103 cm³/mol. The van der Waals surface area contributed by atoms with Gasteiger partial charge in [0.25, 0.3) is 5.69 Å². The number of anilines is 1. The summed E-state index contributed by atoms with van der Waals surface area (Å²) in [7, 11) is 0. The van der Waals surface area contributed by atoms with E-state index in [0.29, 0.717) is 38.4 Å². The summed E-state index contributed by atoms with van der Waals surface area (Å²) in [6, 6.07) is 4.56. The number of nitrogens with two attached hydrogens (primary N) is 1. The molecule has 0 aromatic heterocycles. The van der Waals surface area contributed by atoms with Crippen LogP contribution in [-0.2, 0) is 9.53 Å². The molecule has 9 heteroatoms. The van der Waals surface area contributed by atoms with Crippen LogP contribution in [0, 0.1) is 23.0 Å². The molecule has 1 heterocycles. The highest BCUT2D eigenvalue weighted by Gasteiger charge is 2.26. The molecule has 1 amide bonds. The van der Waals surface area contributed by atoms with Crippen molar-refractivity contribution in [3.05, 3.63) is 33.9 Å². The van der Waals surface area contributed by atoms with Crippen molar-refractivity contribution in [3.8, 4) is 0 Å². The van der Waals surface area contributed by atoms with Crippen molar-refractivity contribution >= 4 is 29.7 Å². The lowest BCUT2D eigenvalue weighted by atomic mass is 9.92. The third-order valence-electron chi connectivity index (χ3n) is 4.39. The second kappa shape index (κ2) is 10.9. The molecule has 1 aliphatic heterocycles. The number of nitrogens with zero attached hydrogens (tertiary/aromatic N) is 1. The van der Waals surface area contributed by atoms with Gasteiger partial charge in [-0.2, -0.15) is 0 Å². The first-order valence-corrected chi connectivity index (χ1v) is 8.59. The summed E-state index contributed by atoms with van der Waals surface area (Å²) in [5.41, 5.74) is 7.39. The smallest absolute Gasteiger partial charge is 0.292 e. The summed E-state index contributed by atoms with van der Waals surface area (Å²) in [4.78, 5) is 22.7. The zero-order chi connectivity index (χ0) is 18.2. The maximum atomic E-state index is 12.1. The van der Waals surface area contributed by atoms with Gasteiger partial charge < -0.3 is 21.1 Å². The Labute approximate surface area is 159 Å². The molecule has 2 rings (SSSR count). The predicted octanol–water partition coefficient (Wildman–Crippen LogP) is 2.00. The number of carbonyl (C=O) groups is 1. The minimum absolute atomic E-state index is 0. The first kappa shape index (κ1) is 22.1. The second-order valence-electron chi connectivity index (χ2n) is 6.32. The molecular formula is C17H27ClN4O4. The van der Waals surface area contributed by atoms with Gasteiger partial charge in [0.05, 0.1) is 11.0 Å². The summed E-state index contributed by atoms with van der Waals surface area (Å²) in [6.07, 6.45) is 2.28. The van der Waals surface area contributed by atoms with E-state index in [1.165, 1.54) is 6.07 Å². The molecule has 0 spiro atoms. The van der Waals surface area contributed by atoms with Gasteiger partial charge in [-0.1, -0.05) is 6.07 Å². The van der Waals surface area contributed by atoms with Gasteiger partial charge in [-0.05, 0) is 43.7 Å². The van der Waals surface area contributed by atoms with Gasteiger partial charge in [-0.15, -0.1) is 12.4 Å². The quantitative estimate of drug-likeness (QED) is 0.357. The number of halogens is 1. The number of benzene rings is 1. The van der Waals surface area contributed by atoms with Gasteiger partial charge in [0.2, 0.25) is 5.91 Å². The van der Waals surface area contributed by atoms with E-state index in [0.717, 1.165) is 18.4 Å². The van der Waals surface area contributed by atoms with Crippen molar-refractivity contribution in [2.45, 2.75) is 32.2 Å². The Morgan fingerprint density at radius 1 is 1.38 bits per heavy atom. The standard InChI is InChI=1S/C17H26N4O4.ClH/c1-12-3-4-14(15(11-12)21(23)24)19-7-2-8-20-17(22)16(18)13-5-9-25-10-6-13;/h3-4,11,13,16,19H,2,5-10,18H2,1H3,(H,20,22);1H. The van der Waals surface area contributed by atoms with Crippen LogP contribution in [-0.4, -0.2) is 43.2 Å². The van der Waals surface area contributed by atoms with Crippen LogP contribution in [0.15, 0.2) is 18.2 Å². The first-order valence-electron chi connectivity index (χ1n) is 8.59. The molecule has 1 unspecified atom stereocenters. The van der Waals surface area contributed by atoms with Crippen LogP contribution in [0.3, 0.4) is 0 Å². The lowest BCUT2D eigenvalue weighted by Gasteiger charge is -2.26. The molecule has 146 valence electrons. The van der Waals surface area contributed by atoms with Crippen LogP contribution >= 0.6 is 12.4 Å². The fourth-order valence-corrected chi connectivity index (χ4v) is 2.87. The Balaban J connectivity index is 0.00000338. The molecule has 0 radical (unpaired) electrons. The van der Waals surface area contributed by atoms with Gasteiger partial charge in [-0.25, -0.2) is 0 Å². The van der Waals surface area contributed by atoms with Gasteiger partial charge in [-0.3, -0.25) is 14.9 Å². The zero-order valence-electron chi connectivity index (χ0n) is 14.9. The summed E-state index contributed by atoms with van der Waals surface area (Å²) >= 11 is 0. The van der Waals surface area contributed by atoms with Crippen molar-refractivity contribution in [2.24, 2.45) is 11.7 Å². The molecule has 0 aliphatic carbocycles. The largest absolute Gasteiger partial charge is 0.381 e. The highest BCUT2D eigenvalue weighted by molar-refractivity contribution is 5.85. The van der Waals surface area contributed by atoms with Crippen molar-refractivity contribution < 1.29 is 14.5 Å². The molecule has 4 N–H and O–H groups in total. The van der Waals surface area contributed by atoms with E-state index >= 15 is 0 Å². The van der Waals surface area contributed by atoms with Crippen molar-refractivity contribution in [1.29, 1.82) is 0 Å². The molecule has 1 saturated heterocycles. The van der Waals surface area contributed by atoms with Gasteiger partial charge in [0.15, 0.2) is 0 Å². The maximum Gasteiger partial charge on any atom is 0.292 e. The van der Waals surface area contributed by atoms with Crippen LogP contribution in [0.1, 0.15) is 24.8 Å². The maximum absolute atomic E-state index is 12.1. The number of amides is 1. The van der Waals surface area contributed by atoms with Crippen molar-refractivity contribution in [1.82, 2.24) is 5.32 Å². The third kappa shape index (κ3) is 6.44. The molecule has 1 aromatic rings. The van der Waals surface area contributed by atoms with E-state index in [4.69, 9.17) is 10.5 Å². The topological polar surface area (TPSA) is 120 Å². The van der Waals surface area contributed by atoms with E-state index in [2.05, 4.69) is 10.6 Å². The van der Waals surface area contributed by atoms with Crippen LogP contribution in [0.25, 0.3) is 0 Å². The van der Waals surface area contributed by atoms with E-state index in [-0.39, 0.29) is 29.9 Å². The van der Waals surface area contributed by atoms with Crippen molar-refractivity contribution in [2.75, 3.05) is 31.6 Å². The normalized spacial score (nSPS) is 15.6. The fourth-order valence-electron chi connectivity index (χ4n) is 2.87. The number of nitro groups is 1. The SMILES string of the molecule is Cc1ccc(NCCCNC(=O)C(N)C2CCOCC2)c([N+](=O)[O-])c1.Cl. The fraction of sp³-hybridized carbons (Fsp3) is 0.588. The van der Waals surface area contributed by atoms with Crippen LogP contribution in [0.5, 0.6) is 0 Å². The third-order valence-corrected chi connectivity index (χ3v) is 4.39. The summed E-state index contributed by atoms with van der Waals surface area (Å²) in [5.74, 6) is 0.0234. The zero-order valence-corrected chi connectivity index (χ0v) is 15.7. The Hall–Kier alpha value is -1.90. The lowest BCUT2D eigenvalue weighted by Crippen LogP contribution is -2.47. The highest BCUT2D eigenvalue weighted by Crippen LogP contribution is 2.25. The summed E-state index contributed by atoms with van der Waals surface area (Å²) < 4.78 is 5.28. The minimum Gasteiger partial charge on any atom is -0.381 e. The molecular weight excluding hydrogens is 360 g/mol. The Morgan fingerprint density at radius 3 is 2.73 bits per heavy atom. The molecule has 1 atom stereocenters. The van der Waals surface area contributed by atoms with Gasteiger partial charge in [0, 0.05) is 32.4 Å². The van der Waals surface area contributed by atoms with Crippen LogP contribution in [0.2, 0.25) is 0 Å². The average Bonchev–Trinajstić information content (AvgIpc) is 2.62. The number of carbonyl (C=O) groups excluding carboxylic acids is 1. The van der Waals surface area contributed by atoms with Gasteiger partial charge in [0.1, 0.15) is 5.69 Å². The highest BCUT2D eigenvalue weighted by atomic mass is 35.5. The van der Waals surface area contributed by atoms with Gasteiger partial charge >= 0.3 is 0 Å². The van der Waals surface area contributed by atoms with Crippen molar-refractivity contribution in [3.63, 3.8) is 0 Å². The molecule has 26 heavy (non-hydrogen) atoms. The second-order valence-corrected chi connectivity index (χ2v) is 6.32. The number of nitrogens with one attached hydrogen (secondary N) is 2. The number of aryl methyl sites for hydroxylation is 1. The molecule has 1 aromatic carbocycles. The number of hydrogen-bond acceptors (Lipinski definition) is 6. The number of rotatable bonds is 8. The Kier molecular flexibility index (Phi) is 9.32. The van der Waals surface area contributed by atoms with E-state index < -0.39 is 11.0 Å². The van der Waals surface area contributed by atoms with E-state index in [9.17, 15) is 14.9 Å². The molecule has 1 fully saturated rings. The van der Waals surface area contributed by atoms with Crippen LogP contribution in [0.4, 0.5) is 11.4 Å². The molecule has 0 bridgehead atoms. The Bertz CT molecular complexity index is 608. The van der Waals surface area contributed by atoms with E-state index in [1.54, 1.807) is 6.07 Å². The Morgan fingerprint density at radius 2 is 2.08 bits per heavy atom. The molecule has 8 nitrogen and oxygen atoms in total. The van der Waals surface area contributed by atoms with E-state index in [1.807, 2.05) is 13.0 Å². The number of hydrogen-bond donors (Lipinski definition) is 3.